The van der Waals surface area contributed by atoms with Crippen LogP contribution < -0.4 is 0 Å². The van der Waals surface area contributed by atoms with Gasteiger partial charge in [0.15, 0.2) is 14.9 Å². The highest BCUT2D eigenvalue weighted by molar-refractivity contribution is 7.95. The zero-order valence-electron chi connectivity index (χ0n) is 6.32. The van der Waals surface area contributed by atoms with Crippen molar-refractivity contribution in [3.05, 3.63) is 11.2 Å². The average Bonchev–Trinajstić information content (AvgIpc) is 2.00. The summed E-state index contributed by atoms with van der Waals surface area (Å²) >= 11 is 0. The van der Waals surface area contributed by atoms with E-state index >= 15 is 0 Å². The van der Waals surface area contributed by atoms with Crippen LogP contribution in [0.3, 0.4) is 0 Å². The first-order chi connectivity index (χ1) is 5.08. The third kappa shape index (κ3) is 2.63. The standard InChI is InChI=1S/C6H10N2O2S/c1-4-11(9,10)6(8-3)5-7-2/h5H,2-4H2,1H3/b6-5+. The Morgan fingerprint density at radius 2 is 2.09 bits per heavy atom. The molecule has 0 fully saturated rings. The lowest BCUT2D eigenvalue weighted by Gasteiger charge is -1.97. The average molecular weight is 174 g/mol. The van der Waals surface area contributed by atoms with E-state index in [1.165, 1.54) is 6.92 Å². The van der Waals surface area contributed by atoms with Crippen molar-refractivity contribution in [3.63, 3.8) is 0 Å². The smallest absolute Gasteiger partial charge is 0.196 e. The maximum Gasteiger partial charge on any atom is 0.196 e. The van der Waals surface area contributed by atoms with Gasteiger partial charge in [-0.05, 0) is 13.4 Å². The largest absolute Gasteiger partial charge is 0.269 e. The van der Waals surface area contributed by atoms with Gasteiger partial charge in [0.25, 0.3) is 0 Å². The van der Waals surface area contributed by atoms with Crippen LogP contribution in [0.4, 0.5) is 0 Å². The van der Waals surface area contributed by atoms with Gasteiger partial charge in [0, 0.05) is 0 Å². The summed E-state index contributed by atoms with van der Waals surface area (Å²) in [6.07, 6.45) is 1.08. The molecule has 4 nitrogen and oxygen atoms in total. The van der Waals surface area contributed by atoms with E-state index in [1.807, 2.05) is 0 Å². The van der Waals surface area contributed by atoms with E-state index in [-0.39, 0.29) is 10.8 Å². The number of hydrogen-bond donors (Lipinski definition) is 0. The van der Waals surface area contributed by atoms with Crippen LogP contribution in [0.1, 0.15) is 6.92 Å². The molecule has 0 aromatic heterocycles. The first kappa shape index (κ1) is 10.0. The molecule has 0 bridgehead atoms. The normalized spacial score (nSPS) is 12.6. The van der Waals surface area contributed by atoms with Crippen molar-refractivity contribution in [2.24, 2.45) is 9.98 Å². The molecule has 62 valence electrons. The van der Waals surface area contributed by atoms with E-state index in [9.17, 15) is 8.42 Å². The van der Waals surface area contributed by atoms with Gasteiger partial charge in [0.05, 0.1) is 12.0 Å². The molecule has 0 amide bonds. The van der Waals surface area contributed by atoms with Crippen LogP contribution in [0.25, 0.3) is 0 Å². The number of aliphatic imine (C=N–C) groups is 2. The highest BCUT2D eigenvalue weighted by atomic mass is 32.2. The highest BCUT2D eigenvalue weighted by Crippen LogP contribution is 2.07. The maximum atomic E-state index is 11.0. The number of hydrogen-bond acceptors (Lipinski definition) is 4. The van der Waals surface area contributed by atoms with Gasteiger partial charge in [-0.2, -0.15) is 0 Å². The Morgan fingerprint density at radius 3 is 2.36 bits per heavy atom. The Labute approximate surface area is 66.3 Å². The van der Waals surface area contributed by atoms with Gasteiger partial charge in [0.2, 0.25) is 0 Å². The Hall–Kier alpha value is -0.970. The second kappa shape index (κ2) is 4.02. The number of nitrogens with zero attached hydrogens (tertiary/aromatic N) is 2. The minimum atomic E-state index is -3.27. The Bertz CT molecular complexity index is 277. The predicted molar refractivity (Wildman–Crippen MR) is 46.6 cm³/mol. The minimum Gasteiger partial charge on any atom is -0.269 e. The first-order valence-corrected chi connectivity index (χ1v) is 4.59. The van der Waals surface area contributed by atoms with E-state index in [0.29, 0.717) is 0 Å². The molecule has 0 heterocycles. The lowest BCUT2D eigenvalue weighted by Crippen LogP contribution is -2.04. The van der Waals surface area contributed by atoms with Crippen LogP contribution in [0.15, 0.2) is 21.2 Å². The van der Waals surface area contributed by atoms with Crippen LogP contribution in [-0.4, -0.2) is 27.6 Å². The van der Waals surface area contributed by atoms with Crippen molar-refractivity contribution >= 4 is 23.3 Å². The van der Waals surface area contributed by atoms with Crippen molar-refractivity contribution in [3.8, 4) is 0 Å². The SMILES string of the molecule is C=N/C=C(\N=C)S(=O)(=O)CC. The van der Waals surface area contributed by atoms with Gasteiger partial charge in [-0.25, -0.2) is 8.42 Å². The monoisotopic (exact) mass is 174 g/mol. The number of sulfone groups is 1. The zero-order chi connectivity index (χ0) is 8.91. The summed E-state index contributed by atoms with van der Waals surface area (Å²) < 4.78 is 22.1. The zero-order valence-corrected chi connectivity index (χ0v) is 7.13. The third-order valence-corrected chi connectivity index (χ3v) is 2.69. The van der Waals surface area contributed by atoms with Crippen molar-refractivity contribution in [2.75, 3.05) is 5.75 Å². The quantitative estimate of drug-likeness (QED) is 0.586. The van der Waals surface area contributed by atoms with Gasteiger partial charge in [-0.15, -0.1) is 0 Å². The minimum absolute atomic E-state index is 0.00657. The van der Waals surface area contributed by atoms with Crippen molar-refractivity contribution in [1.29, 1.82) is 0 Å². The molecular formula is C6H10N2O2S. The van der Waals surface area contributed by atoms with Crippen molar-refractivity contribution < 1.29 is 8.42 Å². The molecule has 5 heteroatoms. The fourth-order valence-corrected chi connectivity index (χ4v) is 1.17. The molecule has 0 atom stereocenters. The van der Waals surface area contributed by atoms with E-state index in [0.717, 1.165) is 6.20 Å². The van der Waals surface area contributed by atoms with Gasteiger partial charge in [-0.3, -0.25) is 9.98 Å². The summed E-state index contributed by atoms with van der Waals surface area (Å²) in [5.74, 6) is -0.00657. The molecule has 0 saturated heterocycles. The number of rotatable bonds is 4. The molecule has 0 rings (SSSR count). The summed E-state index contributed by atoms with van der Waals surface area (Å²) in [6, 6.07) is 0. The topological polar surface area (TPSA) is 58.9 Å². The second-order valence-corrected chi connectivity index (χ2v) is 3.94. The first-order valence-electron chi connectivity index (χ1n) is 2.94. The van der Waals surface area contributed by atoms with Gasteiger partial charge in [0.1, 0.15) is 0 Å². The fraction of sp³-hybridized carbons (Fsp3) is 0.333. The molecule has 11 heavy (non-hydrogen) atoms. The molecule has 0 radical (unpaired) electrons. The van der Waals surface area contributed by atoms with Gasteiger partial charge in [-0.1, -0.05) is 6.92 Å². The lowest BCUT2D eigenvalue weighted by molar-refractivity contribution is 0.602. The third-order valence-electron chi connectivity index (χ3n) is 1.06. The van der Waals surface area contributed by atoms with Crippen LogP contribution in [0, 0.1) is 0 Å². The Balaban J connectivity index is 4.95. The second-order valence-electron chi connectivity index (χ2n) is 1.71. The van der Waals surface area contributed by atoms with Crippen LogP contribution in [0.2, 0.25) is 0 Å². The summed E-state index contributed by atoms with van der Waals surface area (Å²) in [5, 5.41) is -0.130. The maximum absolute atomic E-state index is 11.0. The van der Waals surface area contributed by atoms with Crippen molar-refractivity contribution in [1.82, 2.24) is 0 Å². The van der Waals surface area contributed by atoms with Crippen LogP contribution >= 0.6 is 0 Å². The molecule has 0 aliphatic carbocycles. The molecule has 0 aliphatic rings. The predicted octanol–water partition coefficient (Wildman–Crippen LogP) is 0.621. The van der Waals surface area contributed by atoms with Gasteiger partial charge >= 0.3 is 0 Å². The van der Waals surface area contributed by atoms with E-state index in [4.69, 9.17) is 0 Å². The summed E-state index contributed by atoms with van der Waals surface area (Å²) in [6.45, 7) is 7.75. The van der Waals surface area contributed by atoms with Crippen LogP contribution in [-0.2, 0) is 9.84 Å². The molecule has 0 spiro atoms. The summed E-state index contributed by atoms with van der Waals surface area (Å²) in [5.41, 5.74) is 0. The van der Waals surface area contributed by atoms with E-state index < -0.39 is 9.84 Å². The molecule has 0 N–H and O–H groups in total. The van der Waals surface area contributed by atoms with Crippen molar-refractivity contribution in [2.45, 2.75) is 6.92 Å². The molecule has 0 aliphatic heterocycles. The molecule has 0 aromatic rings. The van der Waals surface area contributed by atoms with E-state index in [1.54, 1.807) is 0 Å². The molecular weight excluding hydrogens is 164 g/mol. The van der Waals surface area contributed by atoms with Crippen LogP contribution in [0.5, 0.6) is 0 Å². The van der Waals surface area contributed by atoms with Gasteiger partial charge < -0.3 is 0 Å². The summed E-state index contributed by atoms with van der Waals surface area (Å²) in [4.78, 5) is 6.61. The Kier molecular flexibility index (Phi) is 3.67. The Morgan fingerprint density at radius 1 is 1.55 bits per heavy atom. The lowest BCUT2D eigenvalue weighted by atomic mass is 10.9. The summed E-state index contributed by atoms with van der Waals surface area (Å²) in [7, 11) is -3.27. The van der Waals surface area contributed by atoms with E-state index in [2.05, 4.69) is 23.4 Å². The highest BCUT2D eigenvalue weighted by Gasteiger charge is 2.12. The molecule has 0 saturated carbocycles. The molecule has 0 unspecified atom stereocenters. The molecule has 0 aromatic carbocycles. The fourth-order valence-electron chi connectivity index (χ4n) is 0.445.